The number of nitrogens with one attached hydrogen (secondary N) is 1. The highest BCUT2D eigenvalue weighted by molar-refractivity contribution is 6.22. The molecule has 0 unspecified atom stereocenters. The van der Waals surface area contributed by atoms with E-state index in [0.29, 0.717) is 24.0 Å². The number of imide groups is 1. The van der Waals surface area contributed by atoms with E-state index in [1.54, 1.807) is 7.05 Å². The maximum absolute atomic E-state index is 13.1. The molecule has 1 N–H and O–H groups in total. The van der Waals surface area contributed by atoms with Gasteiger partial charge in [0.05, 0.1) is 11.1 Å². The Morgan fingerprint density at radius 3 is 1.46 bits per heavy atom. The number of fused-ring (bicyclic) bond motifs is 1. The second kappa shape index (κ2) is 8.33. The van der Waals surface area contributed by atoms with Crippen molar-refractivity contribution in [3.05, 3.63) is 131 Å². The standard InChI is InChI=1S/C29H24N4O2/c1-31-28(34)26-24(18-22-14-8-16-32(22)20-10-4-2-5-11-20)30-25(27(26)29(31)35)19-23-15-9-17-33(23)21-12-6-3-7-13-21/h2-17,30H,18-19H2,1H3. The third-order valence-corrected chi connectivity index (χ3v) is 6.64. The zero-order valence-corrected chi connectivity index (χ0v) is 19.3. The summed E-state index contributed by atoms with van der Waals surface area (Å²) in [6, 6.07) is 28.3. The highest BCUT2D eigenvalue weighted by Crippen LogP contribution is 2.32. The number of H-pyrrole nitrogens is 1. The van der Waals surface area contributed by atoms with E-state index in [2.05, 4.69) is 14.1 Å². The van der Waals surface area contributed by atoms with Crippen LogP contribution in [0.2, 0.25) is 0 Å². The number of carbonyl (C=O) groups excluding carboxylic acids is 2. The van der Waals surface area contributed by atoms with Gasteiger partial charge in [0.25, 0.3) is 11.8 Å². The number of hydrogen-bond acceptors (Lipinski definition) is 2. The van der Waals surface area contributed by atoms with Crippen LogP contribution >= 0.6 is 0 Å². The lowest BCUT2D eigenvalue weighted by Gasteiger charge is -2.12. The number of rotatable bonds is 6. The van der Waals surface area contributed by atoms with Crippen LogP contribution in [-0.2, 0) is 12.8 Å². The van der Waals surface area contributed by atoms with E-state index in [0.717, 1.165) is 34.2 Å². The molecule has 35 heavy (non-hydrogen) atoms. The van der Waals surface area contributed by atoms with Crippen molar-refractivity contribution in [1.82, 2.24) is 19.0 Å². The molecule has 172 valence electrons. The Hall–Kier alpha value is -4.58. The molecule has 1 aliphatic rings. The van der Waals surface area contributed by atoms with Crippen molar-refractivity contribution in [1.29, 1.82) is 0 Å². The third-order valence-electron chi connectivity index (χ3n) is 6.64. The molecular weight excluding hydrogens is 436 g/mol. The maximum Gasteiger partial charge on any atom is 0.263 e. The molecule has 0 fully saturated rings. The van der Waals surface area contributed by atoms with Crippen molar-refractivity contribution in [2.75, 3.05) is 7.05 Å². The molecule has 0 aliphatic carbocycles. The molecule has 3 aromatic heterocycles. The first-order valence-electron chi connectivity index (χ1n) is 11.6. The fraction of sp³-hybridized carbons (Fsp3) is 0.103. The van der Waals surface area contributed by atoms with Gasteiger partial charge in [0.1, 0.15) is 0 Å². The van der Waals surface area contributed by atoms with Crippen LogP contribution in [0, 0.1) is 0 Å². The lowest BCUT2D eigenvalue weighted by atomic mass is 10.1. The summed E-state index contributed by atoms with van der Waals surface area (Å²) in [5.41, 5.74) is 6.70. The molecule has 5 aromatic rings. The first-order valence-corrected chi connectivity index (χ1v) is 11.6. The van der Waals surface area contributed by atoms with Gasteiger partial charge in [-0.25, -0.2) is 0 Å². The minimum Gasteiger partial charge on any atom is -0.360 e. The number of aromatic nitrogens is 3. The SMILES string of the molecule is CN1C(=O)c2c(Cc3cccn3-c3ccccc3)[nH]c(Cc3cccn3-c3ccccc3)c2C1=O. The van der Waals surface area contributed by atoms with Gasteiger partial charge in [-0.15, -0.1) is 0 Å². The van der Waals surface area contributed by atoms with Gasteiger partial charge in [0, 0.05) is 66.4 Å². The zero-order valence-electron chi connectivity index (χ0n) is 19.3. The van der Waals surface area contributed by atoms with Gasteiger partial charge >= 0.3 is 0 Å². The predicted molar refractivity (Wildman–Crippen MR) is 134 cm³/mol. The van der Waals surface area contributed by atoms with Gasteiger partial charge in [-0.2, -0.15) is 0 Å². The molecule has 2 aromatic carbocycles. The topological polar surface area (TPSA) is 63.0 Å². The first-order chi connectivity index (χ1) is 17.1. The summed E-state index contributed by atoms with van der Waals surface area (Å²) >= 11 is 0. The zero-order chi connectivity index (χ0) is 23.9. The maximum atomic E-state index is 13.1. The van der Waals surface area contributed by atoms with Crippen molar-refractivity contribution in [3.8, 4) is 11.4 Å². The van der Waals surface area contributed by atoms with Gasteiger partial charge in [0.2, 0.25) is 0 Å². The summed E-state index contributed by atoms with van der Waals surface area (Å²) in [6.45, 7) is 0. The van der Waals surface area contributed by atoms with E-state index in [1.165, 1.54) is 4.90 Å². The Bertz CT molecular complexity index is 1430. The molecule has 0 atom stereocenters. The van der Waals surface area contributed by atoms with Gasteiger partial charge in [0.15, 0.2) is 0 Å². The van der Waals surface area contributed by atoms with Gasteiger partial charge in [-0.05, 0) is 48.5 Å². The minimum atomic E-state index is -0.251. The van der Waals surface area contributed by atoms with Crippen LogP contribution in [0.25, 0.3) is 11.4 Å². The van der Waals surface area contributed by atoms with Crippen LogP contribution < -0.4 is 0 Å². The second-order valence-corrected chi connectivity index (χ2v) is 8.77. The average molecular weight is 461 g/mol. The van der Waals surface area contributed by atoms with Gasteiger partial charge in [-0.3, -0.25) is 14.5 Å². The van der Waals surface area contributed by atoms with Crippen LogP contribution in [0.4, 0.5) is 0 Å². The number of carbonyl (C=O) groups is 2. The summed E-state index contributed by atoms with van der Waals surface area (Å²) in [5, 5.41) is 0. The summed E-state index contributed by atoms with van der Waals surface area (Å²) in [5.74, 6) is -0.502. The molecule has 1 aliphatic heterocycles. The van der Waals surface area contributed by atoms with E-state index in [9.17, 15) is 9.59 Å². The molecular formula is C29H24N4O2. The molecule has 6 nitrogen and oxygen atoms in total. The Morgan fingerprint density at radius 1 is 0.600 bits per heavy atom. The second-order valence-electron chi connectivity index (χ2n) is 8.77. The van der Waals surface area contributed by atoms with E-state index >= 15 is 0 Å². The largest absolute Gasteiger partial charge is 0.360 e. The molecule has 2 amide bonds. The van der Waals surface area contributed by atoms with Crippen LogP contribution in [0.15, 0.2) is 97.3 Å². The molecule has 0 saturated heterocycles. The molecule has 6 rings (SSSR count). The lowest BCUT2D eigenvalue weighted by molar-refractivity contribution is 0.0691. The van der Waals surface area contributed by atoms with Crippen molar-refractivity contribution in [2.45, 2.75) is 12.8 Å². The first kappa shape index (κ1) is 21.0. The van der Waals surface area contributed by atoms with Crippen LogP contribution in [-0.4, -0.2) is 37.9 Å². The summed E-state index contributed by atoms with van der Waals surface area (Å²) in [6.07, 6.45) is 5.05. The normalized spacial score (nSPS) is 13.0. The summed E-state index contributed by atoms with van der Waals surface area (Å²) in [7, 11) is 1.55. The van der Waals surface area contributed by atoms with Gasteiger partial charge in [-0.1, -0.05) is 36.4 Å². The van der Waals surface area contributed by atoms with Gasteiger partial charge < -0.3 is 14.1 Å². The minimum absolute atomic E-state index is 0.251. The Morgan fingerprint density at radius 2 is 1.03 bits per heavy atom. The molecule has 0 bridgehead atoms. The number of amides is 2. The molecule has 0 radical (unpaired) electrons. The van der Waals surface area contributed by atoms with Crippen molar-refractivity contribution in [3.63, 3.8) is 0 Å². The Labute approximate surface area is 203 Å². The molecule has 4 heterocycles. The Balaban J connectivity index is 1.41. The van der Waals surface area contributed by atoms with Crippen molar-refractivity contribution in [2.24, 2.45) is 0 Å². The van der Waals surface area contributed by atoms with E-state index in [1.807, 2.05) is 97.3 Å². The smallest absolute Gasteiger partial charge is 0.263 e. The number of nitrogens with zero attached hydrogens (tertiary/aromatic N) is 3. The lowest BCUT2D eigenvalue weighted by Crippen LogP contribution is -2.26. The van der Waals surface area contributed by atoms with Crippen molar-refractivity contribution >= 4 is 11.8 Å². The number of benzene rings is 2. The molecule has 0 spiro atoms. The summed E-state index contributed by atoms with van der Waals surface area (Å²) in [4.78, 5) is 30.9. The number of hydrogen-bond donors (Lipinski definition) is 1. The third kappa shape index (κ3) is 3.51. The van der Waals surface area contributed by atoms with E-state index < -0.39 is 0 Å². The fourth-order valence-electron chi connectivity index (χ4n) is 4.94. The number of para-hydroxylation sites is 2. The average Bonchev–Trinajstić information content (AvgIpc) is 3.66. The van der Waals surface area contributed by atoms with Crippen molar-refractivity contribution < 1.29 is 9.59 Å². The quantitative estimate of drug-likeness (QED) is 0.362. The fourth-order valence-corrected chi connectivity index (χ4v) is 4.94. The monoisotopic (exact) mass is 460 g/mol. The molecule has 6 heteroatoms. The Kier molecular flexibility index (Phi) is 4.99. The van der Waals surface area contributed by atoms with Crippen LogP contribution in [0.1, 0.15) is 43.5 Å². The summed E-state index contributed by atoms with van der Waals surface area (Å²) < 4.78 is 4.22. The number of aromatic amines is 1. The highest BCUT2D eigenvalue weighted by Gasteiger charge is 2.39. The molecule has 0 saturated carbocycles. The van der Waals surface area contributed by atoms with E-state index in [-0.39, 0.29) is 11.8 Å². The van der Waals surface area contributed by atoms with Crippen LogP contribution in [0.3, 0.4) is 0 Å². The van der Waals surface area contributed by atoms with Crippen LogP contribution in [0.5, 0.6) is 0 Å². The highest BCUT2D eigenvalue weighted by atomic mass is 16.2. The van der Waals surface area contributed by atoms with E-state index in [4.69, 9.17) is 0 Å². The predicted octanol–water partition coefficient (Wildman–Crippen LogP) is 5.00.